The maximum atomic E-state index is 4.23. The maximum Gasteiger partial charge on any atom is 0.125 e. The van der Waals surface area contributed by atoms with Crippen LogP contribution in [0.5, 0.6) is 0 Å². The van der Waals surface area contributed by atoms with Crippen molar-refractivity contribution in [1.29, 1.82) is 0 Å². The van der Waals surface area contributed by atoms with Crippen LogP contribution in [-0.2, 0) is 0 Å². The van der Waals surface area contributed by atoms with Crippen molar-refractivity contribution < 1.29 is 0 Å². The molecule has 1 aliphatic rings. The first kappa shape index (κ1) is 11.5. The number of aryl methyl sites for hydroxylation is 1. The van der Waals surface area contributed by atoms with Crippen molar-refractivity contribution in [2.45, 2.75) is 45.6 Å². The minimum atomic E-state index is 0.362. The van der Waals surface area contributed by atoms with Gasteiger partial charge in [0.2, 0.25) is 0 Å². The van der Waals surface area contributed by atoms with E-state index in [9.17, 15) is 0 Å². The van der Waals surface area contributed by atoms with Crippen molar-refractivity contribution in [3.8, 4) is 0 Å². The molecule has 1 saturated carbocycles. The third kappa shape index (κ3) is 3.01. The van der Waals surface area contributed by atoms with Crippen LogP contribution in [0.1, 0.15) is 50.0 Å². The van der Waals surface area contributed by atoms with Gasteiger partial charge in [0.15, 0.2) is 0 Å². The molecule has 1 fully saturated rings. The van der Waals surface area contributed by atoms with Crippen molar-refractivity contribution in [3.05, 3.63) is 23.8 Å². The van der Waals surface area contributed by atoms with Crippen LogP contribution in [0.4, 0.5) is 0 Å². The highest BCUT2D eigenvalue weighted by Gasteiger charge is 2.15. The average Bonchev–Trinajstić information content (AvgIpc) is 2.80. The van der Waals surface area contributed by atoms with Crippen LogP contribution in [0.3, 0.4) is 0 Å². The van der Waals surface area contributed by atoms with Crippen LogP contribution >= 0.6 is 0 Å². The summed E-state index contributed by atoms with van der Waals surface area (Å²) in [6.45, 7) is 5.23. The van der Waals surface area contributed by atoms with Crippen LogP contribution in [0.25, 0.3) is 0 Å². The molecule has 1 N–H and O–H groups in total. The molecule has 16 heavy (non-hydrogen) atoms. The molecule has 88 valence electrons. The molecule has 2 rings (SSSR count). The molecule has 1 aromatic heterocycles. The van der Waals surface area contributed by atoms with Crippen molar-refractivity contribution >= 4 is 0 Å². The number of hydrogen-bond acceptors (Lipinski definition) is 3. The largest absolute Gasteiger partial charge is 0.310 e. The fourth-order valence-electron chi connectivity index (χ4n) is 2.30. The topological polar surface area (TPSA) is 37.8 Å². The van der Waals surface area contributed by atoms with Crippen molar-refractivity contribution in [1.82, 2.24) is 15.3 Å². The minimum Gasteiger partial charge on any atom is -0.310 e. The second kappa shape index (κ2) is 5.39. The Morgan fingerprint density at radius 1 is 1.31 bits per heavy atom. The van der Waals surface area contributed by atoms with Crippen LogP contribution in [0.15, 0.2) is 12.4 Å². The van der Waals surface area contributed by atoms with E-state index < -0.39 is 0 Å². The summed E-state index contributed by atoms with van der Waals surface area (Å²) in [6, 6.07) is 0.362. The number of rotatable bonds is 4. The smallest absolute Gasteiger partial charge is 0.125 e. The third-order valence-corrected chi connectivity index (χ3v) is 3.49. The van der Waals surface area contributed by atoms with E-state index in [-0.39, 0.29) is 0 Å². The van der Waals surface area contributed by atoms with Crippen molar-refractivity contribution in [2.24, 2.45) is 5.92 Å². The number of aromatic nitrogens is 2. The zero-order valence-electron chi connectivity index (χ0n) is 10.2. The van der Waals surface area contributed by atoms with E-state index in [1.165, 1.54) is 31.2 Å². The maximum absolute atomic E-state index is 4.23. The molecular weight excluding hydrogens is 198 g/mol. The molecule has 0 radical (unpaired) electrons. The van der Waals surface area contributed by atoms with E-state index in [4.69, 9.17) is 0 Å². The lowest BCUT2D eigenvalue weighted by Gasteiger charge is -2.16. The highest BCUT2D eigenvalue weighted by molar-refractivity contribution is 5.09. The molecule has 3 nitrogen and oxygen atoms in total. The Morgan fingerprint density at radius 3 is 2.56 bits per heavy atom. The second-order valence-electron chi connectivity index (χ2n) is 4.84. The molecule has 0 saturated heterocycles. The summed E-state index contributed by atoms with van der Waals surface area (Å²) in [5.74, 6) is 1.72. The minimum absolute atomic E-state index is 0.362. The van der Waals surface area contributed by atoms with E-state index in [2.05, 4.69) is 22.2 Å². The Bertz CT molecular complexity index is 314. The quantitative estimate of drug-likeness (QED) is 0.846. The van der Waals surface area contributed by atoms with Crippen molar-refractivity contribution in [2.75, 3.05) is 6.54 Å². The van der Waals surface area contributed by atoms with Gasteiger partial charge in [0.1, 0.15) is 5.82 Å². The Morgan fingerprint density at radius 2 is 1.94 bits per heavy atom. The lowest BCUT2D eigenvalue weighted by molar-refractivity contribution is 0.451. The van der Waals surface area contributed by atoms with Gasteiger partial charge in [-0.2, -0.15) is 0 Å². The number of hydrogen-bond donors (Lipinski definition) is 1. The summed E-state index contributed by atoms with van der Waals surface area (Å²) in [7, 11) is 0. The lowest BCUT2D eigenvalue weighted by atomic mass is 10.1. The molecule has 3 heteroatoms. The zero-order chi connectivity index (χ0) is 11.4. The SMILES string of the molecule is Cc1ncc(C(C)NCC2CCCC2)cn1. The van der Waals surface area contributed by atoms with E-state index in [1.54, 1.807) is 0 Å². The van der Waals surface area contributed by atoms with E-state index in [1.807, 2.05) is 19.3 Å². The fraction of sp³-hybridized carbons (Fsp3) is 0.692. The predicted molar refractivity (Wildman–Crippen MR) is 65.1 cm³/mol. The van der Waals surface area contributed by atoms with Gasteiger partial charge in [-0.3, -0.25) is 0 Å². The van der Waals surface area contributed by atoms with Crippen LogP contribution in [-0.4, -0.2) is 16.5 Å². The molecule has 0 amide bonds. The zero-order valence-corrected chi connectivity index (χ0v) is 10.2. The molecular formula is C13H21N3. The lowest BCUT2D eigenvalue weighted by Crippen LogP contribution is -2.24. The summed E-state index contributed by atoms with van der Waals surface area (Å²) < 4.78 is 0. The van der Waals surface area contributed by atoms with Crippen LogP contribution < -0.4 is 5.32 Å². The molecule has 1 atom stereocenters. The van der Waals surface area contributed by atoms with E-state index in [0.29, 0.717) is 6.04 Å². The predicted octanol–water partition coefficient (Wildman–Crippen LogP) is 2.63. The fourth-order valence-corrected chi connectivity index (χ4v) is 2.30. The summed E-state index contributed by atoms with van der Waals surface area (Å²) >= 11 is 0. The van der Waals surface area contributed by atoms with Gasteiger partial charge in [0, 0.05) is 24.0 Å². The van der Waals surface area contributed by atoms with E-state index >= 15 is 0 Å². The first-order valence-corrected chi connectivity index (χ1v) is 6.27. The Hall–Kier alpha value is -0.960. The summed E-state index contributed by atoms with van der Waals surface area (Å²) in [5.41, 5.74) is 1.18. The van der Waals surface area contributed by atoms with Gasteiger partial charge in [-0.15, -0.1) is 0 Å². The first-order chi connectivity index (χ1) is 7.75. The standard InChI is InChI=1S/C13H21N3/c1-10(13-8-15-11(2)16-9-13)14-7-12-5-3-4-6-12/h8-10,12,14H,3-7H2,1-2H3. The Labute approximate surface area is 97.7 Å². The molecule has 1 aliphatic carbocycles. The molecule has 1 heterocycles. The molecule has 0 spiro atoms. The normalized spacial score (nSPS) is 18.9. The summed E-state index contributed by atoms with van der Waals surface area (Å²) in [6.07, 6.45) is 9.46. The van der Waals surface area contributed by atoms with Gasteiger partial charge in [-0.1, -0.05) is 12.8 Å². The van der Waals surface area contributed by atoms with Gasteiger partial charge >= 0.3 is 0 Å². The highest BCUT2D eigenvalue weighted by atomic mass is 14.9. The van der Waals surface area contributed by atoms with Gasteiger partial charge < -0.3 is 5.32 Å². The van der Waals surface area contributed by atoms with Crippen LogP contribution in [0, 0.1) is 12.8 Å². The number of nitrogens with zero attached hydrogens (tertiary/aromatic N) is 2. The Balaban J connectivity index is 1.82. The molecule has 0 aliphatic heterocycles. The van der Waals surface area contributed by atoms with Gasteiger partial charge in [-0.25, -0.2) is 9.97 Å². The molecule has 1 unspecified atom stereocenters. The van der Waals surface area contributed by atoms with Crippen LogP contribution in [0.2, 0.25) is 0 Å². The molecule has 0 bridgehead atoms. The molecule has 1 aromatic rings. The van der Waals surface area contributed by atoms with E-state index in [0.717, 1.165) is 18.3 Å². The van der Waals surface area contributed by atoms with Gasteiger partial charge in [0.25, 0.3) is 0 Å². The third-order valence-electron chi connectivity index (χ3n) is 3.49. The Kier molecular flexibility index (Phi) is 3.88. The highest BCUT2D eigenvalue weighted by Crippen LogP contribution is 2.24. The van der Waals surface area contributed by atoms with Gasteiger partial charge in [-0.05, 0) is 39.2 Å². The number of nitrogens with one attached hydrogen (secondary N) is 1. The molecule has 0 aromatic carbocycles. The second-order valence-corrected chi connectivity index (χ2v) is 4.84. The monoisotopic (exact) mass is 219 g/mol. The van der Waals surface area contributed by atoms with Crippen molar-refractivity contribution in [3.63, 3.8) is 0 Å². The summed E-state index contributed by atoms with van der Waals surface area (Å²) in [4.78, 5) is 8.46. The average molecular weight is 219 g/mol. The summed E-state index contributed by atoms with van der Waals surface area (Å²) in [5, 5.41) is 3.58. The van der Waals surface area contributed by atoms with Gasteiger partial charge in [0.05, 0.1) is 0 Å². The first-order valence-electron chi connectivity index (χ1n) is 6.27.